The Balaban J connectivity index is 1.64. The SMILES string of the molecule is CCN(C(=O)c1cccc(NC(=O)CNc2ccc(C)cc2)c1)c1ccccc1. The zero-order valence-electron chi connectivity index (χ0n) is 16.7. The van der Waals surface area contributed by atoms with Gasteiger partial charge in [-0.15, -0.1) is 0 Å². The molecule has 3 rings (SSSR count). The maximum atomic E-state index is 13.0. The van der Waals surface area contributed by atoms with E-state index in [1.54, 1.807) is 29.2 Å². The number of benzene rings is 3. The Morgan fingerprint density at radius 3 is 2.28 bits per heavy atom. The van der Waals surface area contributed by atoms with Crippen LogP contribution in [0.2, 0.25) is 0 Å². The highest BCUT2D eigenvalue weighted by Crippen LogP contribution is 2.19. The number of para-hydroxylation sites is 1. The molecule has 2 N–H and O–H groups in total. The number of nitrogens with one attached hydrogen (secondary N) is 2. The summed E-state index contributed by atoms with van der Waals surface area (Å²) < 4.78 is 0. The van der Waals surface area contributed by atoms with Gasteiger partial charge >= 0.3 is 0 Å². The Kier molecular flexibility index (Phi) is 6.63. The molecule has 0 atom stereocenters. The summed E-state index contributed by atoms with van der Waals surface area (Å²) in [5.74, 6) is -0.279. The van der Waals surface area contributed by atoms with Crippen molar-refractivity contribution in [2.24, 2.45) is 0 Å². The van der Waals surface area contributed by atoms with Crippen LogP contribution in [-0.4, -0.2) is 24.9 Å². The Morgan fingerprint density at radius 2 is 1.59 bits per heavy atom. The molecule has 2 amide bonds. The van der Waals surface area contributed by atoms with Gasteiger partial charge in [-0.3, -0.25) is 9.59 Å². The van der Waals surface area contributed by atoms with Crippen molar-refractivity contribution < 1.29 is 9.59 Å². The average molecular weight is 387 g/mol. The van der Waals surface area contributed by atoms with Crippen molar-refractivity contribution in [3.8, 4) is 0 Å². The molecular weight excluding hydrogens is 362 g/mol. The Bertz CT molecular complexity index is 969. The summed E-state index contributed by atoms with van der Waals surface area (Å²) in [5, 5.41) is 5.93. The fraction of sp³-hybridized carbons (Fsp3) is 0.167. The average Bonchev–Trinajstić information content (AvgIpc) is 2.75. The summed E-state index contributed by atoms with van der Waals surface area (Å²) in [4.78, 5) is 26.9. The summed E-state index contributed by atoms with van der Waals surface area (Å²) >= 11 is 0. The molecule has 0 aliphatic rings. The first kappa shape index (κ1) is 20.1. The lowest BCUT2D eigenvalue weighted by atomic mass is 10.1. The van der Waals surface area contributed by atoms with Crippen molar-refractivity contribution >= 4 is 28.9 Å². The molecule has 0 saturated carbocycles. The van der Waals surface area contributed by atoms with Crippen LogP contribution < -0.4 is 15.5 Å². The van der Waals surface area contributed by atoms with Gasteiger partial charge in [0, 0.05) is 29.2 Å². The number of hydrogen-bond acceptors (Lipinski definition) is 3. The lowest BCUT2D eigenvalue weighted by molar-refractivity contribution is -0.114. The van der Waals surface area contributed by atoms with Crippen LogP contribution in [-0.2, 0) is 4.79 Å². The van der Waals surface area contributed by atoms with Gasteiger partial charge in [-0.25, -0.2) is 0 Å². The van der Waals surface area contributed by atoms with Crippen LogP contribution in [0.5, 0.6) is 0 Å². The van der Waals surface area contributed by atoms with Gasteiger partial charge in [0.2, 0.25) is 5.91 Å². The molecular formula is C24H25N3O2. The van der Waals surface area contributed by atoms with Crippen LogP contribution in [0.4, 0.5) is 17.1 Å². The number of rotatable bonds is 7. The molecule has 0 aliphatic heterocycles. The minimum Gasteiger partial charge on any atom is -0.376 e. The molecule has 3 aromatic rings. The monoisotopic (exact) mass is 387 g/mol. The van der Waals surface area contributed by atoms with Gasteiger partial charge < -0.3 is 15.5 Å². The smallest absolute Gasteiger partial charge is 0.258 e. The van der Waals surface area contributed by atoms with E-state index in [1.807, 2.05) is 68.4 Å². The van der Waals surface area contributed by atoms with Gasteiger partial charge in [0.05, 0.1) is 6.54 Å². The zero-order valence-corrected chi connectivity index (χ0v) is 16.7. The molecule has 0 heterocycles. The number of amides is 2. The van der Waals surface area contributed by atoms with E-state index in [0.717, 1.165) is 16.9 Å². The molecule has 0 aliphatic carbocycles. The number of aryl methyl sites for hydroxylation is 1. The second-order valence-corrected chi connectivity index (χ2v) is 6.73. The van der Waals surface area contributed by atoms with Crippen LogP contribution in [0.1, 0.15) is 22.8 Å². The van der Waals surface area contributed by atoms with Gasteiger partial charge in [-0.2, -0.15) is 0 Å². The number of anilines is 3. The predicted octanol–water partition coefficient (Wildman–Crippen LogP) is 4.71. The molecule has 0 bridgehead atoms. The van der Waals surface area contributed by atoms with E-state index in [-0.39, 0.29) is 18.4 Å². The fourth-order valence-electron chi connectivity index (χ4n) is 3.00. The largest absolute Gasteiger partial charge is 0.376 e. The van der Waals surface area contributed by atoms with Gasteiger partial charge in [-0.1, -0.05) is 42.0 Å². The van der Waals surface area contributed by atoms with Crippen LogP contribution in [0.15, 0.2) is 78.9 Å². The first-order valence-electron chi connectivity index (χ1n) is 9.64. The lowest BCUT2D eigenvalue weighted by Gasteiger charge is -2.21. The minimum absolute atomic E-state index is 0.104. The third-order valence-electron chi connectivity index (χ3n) is 4.53. The summed E-state index contributed by atoms with van der Waals surface area (Å²) in [6.45, 7) is 4.65. The highest BCUT2D eigenvalue weighted by molar-refractivity contribution is 6.07. The van der Waals surface area contributed by atoms with E-state index in [1.165, 1.54) is 0 Å². The van der Waals surface area contributed by atoms with Crippen molar-refractivity contribution in [2.45, 2.75) is 13.8 Å². The van der Waals surface area contributed by atoms with E-state index in [0.29, 0.717) is 17.8 Å². The first-order chi connectivity index (χ1) is 14.1. The standard InChI is InChI=1S/C24H25N3O2/c1-3-27(22-10-5-4-6-11-22)24(29)19-8-7-9-21(16-19)26-23(28)17-25-20-14-12-18(2)13-15-20/h4-16,25H,3,17H2,1-2H3,(H,26,28). The van der Waals surface area contributed by atoms with Crippen LogP contribution in [0.25, 0.3) is 0 Å². The van der Waals surface area contributed by atoms with Crippen LogP contribution in [0.3, 0.4) is 0 Å². The molecule has 5 heteroatoms. The molecule has 3 aromatic carbocycles. The van der Waals surface area contributed by atoms with Gasteiger partial charge in [0.25, 0.3) is 5.91 Å². The molecule has 0 spiro atoms. The Labute approximate surface area is 171 Å². The maximum absolute atomic E-state index is 13.0. The second-order valence-electron chi connectivity index (χ2n) is 6.73. The molecule has 148 valence electrons. The maximum Gasteiger partial charge on any atom is 0.258 e. The number of hydrogen-bond donors (Lipinski definition) is 2. The normalized spacial score (nSPS) is 10.3. The van der Waals surface area contributed by atoms with Gasteiger partial charge in [0.1, 0.15) is 0 Å². The highest BCUT2D eigenvalue weighted by atomic mass is 16.2. The van der Waals surface area contributed by atoms with E-state index >= 15 is 0 Å². The topological polar surface area (TPSA) is 61.4 Å². The number of carbonyl (C=O) groups excluding carboxylic acids is 2. The molecule has 0 aromatic heterocycles. The van der Waals surface area contributed by atoms with Crippen molar-refractivity contribution in [1.29, 1.82) is 0 Å². The van der Waals surface area contributed by atoms with E-state index in [9.17, 15) is 9.59 Å². The van der Waals surface area contributed by atoms with E-state index in [2.05, 4.69) is 10.6 Å². The van der Waals surface area contributed by atoms with Crippen molar-refractivity contribution in [1.82, 2.24) is 0 Å². The summed E-state index contributed by atoms with van der Waals surface area (Å²) in [6, 6.07) is 24.4. The highest BCUT2D eigenvalue weighted by Gasteiger charge is 2.16. The molecule has 5 nitrogen and oxygen atoms in total. The van der Waals surface area contributed by atoms with Gasteiger partial charge in [-0.05, 0) is 56.3 Å². The summed E-state index contributed by atoms with van der Waals surface area (Å²) in [6.07, 6.45) is 0. The predicted molar refractivity (Wildman–Crippen MR) is 119 cm³/mol. The first-order valence-corrected chi connectivity index (χ1v) is 9.64. The minimum atomic E-state index is -0.175. The third-order valence-corrected chi connectivity index (χ3v) is 4.53. The quantitative estimate of drug-likeness (QED) is 0.617. The van der Waals surface area contributed by atoms with E-state index < -0.39 is 0 Å². The van der Waals surface area contributed by atoms with Crippen molar-refractivity contribution in [2.75, 3.05) is 28.6 Å². The molecule has 0 unspecified atom stereocenters. The zero-order chi connectivity index (χ0) is 20.6. The molecule has 29 heavy (non-hydrogen) atoms. The Hall–Kier alpha value is -3.60. The van der Waals surface area contributed by atoms with Crippen LogP contribution in [0, 0.1) is 6.92 Å². The number of nitrogens with zero attached hydrogens (tertiary/aromatic N) is 1. The van der Waals surface area contributed by atoms with Crippen molar-refractivity contribution in [3.05, 3.63) is 90.0 Å². The van der Waals surface area contributed by atoms with E-state index in [4.69, 9.17) is 0 Å². The fourth-order valence-corrected chi connectivity index (χ4v) is 3.00. The van der Waals surface area contributed by atoms with Crippen LogP contribution >= 0.6 is 0 Å². The second kappa shape index (κ2) is 9.55. The van der Waals surface area contributed by atoms with Gasteiger partial charge in [0.15, 0.2) is 0 Å². The molecule has 0 saturated heterocycles. The molecule has 0 radical (unpaired) electrons. The summed E-state index contributed by atoms with van der Waals surface area (Å²) in [5.41, 5.74) is 4.02. The molecule has 0 fully saturated rings. The van der Waals surface area contributed by atoms with Crippen molar-refractivity contribution in [3.63, 3.8) is 0 Å². The third kappa shape index (κ3) is 5.45. The Morgan fingerprint density at radius 1 is 0.862 bits per heavy atom. The lowest BCUT2D eigenvalue weighted by Crippen LogP contribution is -2.30. The number of carbonyl (C=O) groups is 2. The summed E-state index contributed by atoms with van der Waals surface area (Å²) in [7, 11) is 0.